The Morgan fingerprint density at radius 2 is 2.35 bits per heavy atom. The third kappa shape index (κ3) is 5.28. The third-order valence-electron chi connectivity index (χ3n) is 2.22. The fourth-order valence-electron chi connectivity index (χ4n) is 1.21. The molecule has 1 aromatic rings. The molecule has 0 saturated carbocycles. The number of hydrogen-bond donors (Lipinski definition) is 1. The summed E-state index contributed by atoms with van der Waals surface area (Å²) in [7, 11) is 1.86. The van der Waals surface area contributed by atoms with Gasteiger partial charge in [-0.1, -0.05) is 13.3 Å². The van der Waals surface area contributed by atoms with Gasteiger partial charge in [-0.25, -0.2) is 5.01 Å². The summed E-state index contributed by atoms with van der Waals surface area (Å²) in [5.41, 5.74) is 0. The van der Waals surface area contributed by atoms with Gasteiger partial charge in [-0.3, -0.25) is 0 Å². The Balaban J connectivity index is 2.40. The van der Waals surface area contributed by atoms with Gasteiger partial charge in [0.2, 0.25) is 0 Å². The van der Waals surface area contributed by atoms with Crippen LogP contribution < -0.4 is 5.32 Å². The van der Waals surface area contributed by atoms with Gasteiger partial charge in [-0.2, -0.15) is 5.10 Å². The maximum atomic E-state index is 5.22. The van der Waals surface area contributed by atoms with E-state index in [2.05, 4.69) is 36.4 Å². The number of thiophene rings is 1. The second kappa shape index (κ2) is 7.40. The molecular weight excluding hydrogens is 250 g/mol. The van der Waals surface area contributed by atoms with Gasteiger partial charge in [0.05, 0.1) is 6.21 Å². The van der Waals surface area contributed by atoms with E-state index in [0.29, 0.717) is 5.11 Å². The highest BCUT2D eigenvalue weighted by Crippen LogP contribution is 2.12. The molecular formula is C12H19N3S2. The number of nitrogens with zero attached hydrogens (tertiary/aromatic N) is 2. The predicted molar refractivity (Wildman–Crippen MR) is 79.9 cm³/mol. The zero-order valence-corrected chi connectivity index (χ0v) is 12.2. The minimum atomic E-state index is 0.669. The molecule has 5 heteroatoms. The number of hydrogen-bond acceptors (Lipinski definition) is 3. The van der Waals surface area contributed by atoms with Crippen LogP contribution in [0.15, 0.2) is 17.2 Å². The number of hydrazone groups is 1. The Morgan fingerprint density at radius 3 is 2.94 bits per heavy atom. The quantitative estimate of drug-likeness (QED) is 0.385. The highest BCUT2D eigenvalue weighted by Gasteiger charge is 2.00. The summed E-state index contributed by atoms with van der Waals surface area (Å²) in [4.78, 5) is 2.43. The van der Waals surface area contributed by atoms with Crippen molar-refractivity contribution in [3.63, 3.8) is 0 Å². The lowest BCUT2D eigenvalue weighted by atomic mass is 10.3. The zero-order chi connectivity index (χ0) is 12.7. The van der Waals surface area contributed by atoms with E-state index in [1.807, 2.05) is 13.3 Å². The van der Waals surface area contributed by atoms with E-state index >= 15 is 0 Å². The molecule has 0 bridgehead atoms. The molecule has 1 aromatic heterocycles. The summed E-state index contributed by atoms with van der Waals surface area (Å²) in [6.45, 7) is 5.15. The monoisotopic (exact) mass is 269 g/mol. The fourth-order valence-corrected chi connectivity index (χ4v) is 2.10. The first-order valence-corrected chi connectivity index (χ1v) is 6.98. The smallest absolute Gasteiger partial charge is 0.189 e. The maximum absolute atomic E-state index is 5.22. The highest BCUT2D eigenvalue weighted by molar-refractivity contribution is 7.80. The molecule has 0 amide bonds. The van der Waals surface area contributed by atoms with Gasteiger partial charge in [-0.15, -0.1) is 11.3 Å². The van der Waals surface area contributed by atoms with Gasteiger partial charge in [0.1, 0.15) is 0 Å². The van der Waals surface area contributed by atoms with Gasteiger partial charge in [0.25, 0.3) is 0 Å². The normalized spacial score (nSPS) is 10.8. The van der Waals surface area contributed by atoms with Gasteiger partial charge >= 0.3 is 0 Å². The van der Waals surface area contributed by atoms with Gasteiger partial charge < -0.3 is 5.32 Å². The highest BCUT2D eigenvalue weighted by atomic mass is 32.1. The first-order chi connectivity index (χ1) is 8.13. The van der Waals surface area contributed by atoms with Gasteiger partial charge in [-0.05, 0) is 37.7 Å². The molecule has 1 N–H and O–H groups in total. The van der Waals surface area contributed by atoms with E-state index in [9.17, 15) is 0 Å². The molecule has 0 spiro atoms. The van der Waals surface area contributed by atoms with Crippen LogP contribution in [0.4, 0.5) is 0 Å². The Hall–Kier alpha value is -0.940. The van der Waals surface area contributed by atoms with Crippen LogP contribution in [-0.4, -0.2) is 29.9 Å². The Kier molecular flexibility index (Phi) is 6.15. The van der Waals surface area contributed by atoms with Crippen molar-refractivity contribution >= 4 is 34.9 Å². The van der Waals surface area contributed by atoms with Crippen molar-refractivity contribution in [1.82, 2.24) is 10.3 Å². The molecule has 3 nitrogen and oxygen atoms in total. The van der Waals surface area contributed by atoms with E-state index in [-0.39, 0.29) is 0 Å². The molecule has 0 radical (unpaired) electrons. The minimum absolute atomic E-state index is 0.669. The topological polar surface area (TPSA) is 27.6 Å². The van der Waals surface area contributed by atoms with E-state index in [1.54, 1.807) is 16.3 Å². The van der Waals surface area contributed by atoms with Crippen LogP contribution in [0.3, 0.4) is 0 Å². The van der Waals surface area contributed by atoms with E-state index in [4.69, 9.17) is 12.2 Å². The van der Waals surface area contributed by atoms with Crippen molar-refractivity contribution in [2.45, 2.75) is 26.7 Å². The van der Waals surface area contributed by atoms with Crippen LogP contribution in [0.5, 0.6) is 0 Å². The van der Waals surface area contributed by atoms with Gasteiger partial charge in [0.15, 0.2) is 5.11 Å². The van der Waals surface area contributed by atoms with Crippen LogP contribution in [0.1, 0.15) is 29.5 Å². The standard InChI is InChI=1S/C12H19N3S2/c1-4-5-8-13-12(16)15(3)14-9-11-7-6-10(2)17-11/h6-7,9H,4-5,8H2,1-3H3,(H,13,16). The summed E-state index contributed by atoms with van der Waals surface area (Å²) >= 11 is 6.94. The molecule has 0 saturated heterocycles. The van der Waals surface area contributed by atoms with Crippen LogP contribution >= 0.6 is 23.6 Å². The lowest BCUT2D eigenvalue weighted by Crippen LogP contribution is -2.34. The van der Waals surface area contributed by atoms with Crippen molar-refractivity contribution in [3.05, 3.63) is 21.9 Å². The number of nitrogens with one attached hydrogen (secondary N) is 1. The van der Waals surface area contributed by atoms with E-state index in [1.165, 1.54) is 4.88 Å². The first-order valence-electron chi connectivity index (χ1n) is 5.75. The molecule has 0 fully saturated rings. The first kappa shape index (κ1) is 14.1. The van der Waals surface area contributed by atoms with Crippen molar-refractivity contribution in [3.8, 4) is 0 Å². The van der Waals surface area contributed by atoms with E-state index < -0.39 is 0 Å². The maximum Gasteiger partial charge on any atom is 0.189 e. The number of thiocarbonyl (C=S) groups is 1. The second-order valence-corrected chi connectivity index (χ2v) is 5.51. The van der Waals surface area contributed by atoms with Crippen molar-refractivity contribution < 1.29 is 0 Å². The zero-order valence-electron chi connectivity index (χ0n) is 10.6. The van der Waals surface area contributed by atoms with E-state index in [0.717, 1.165) is 24.3 Å². The van der Waals surface area contributed by atoms with Crippen LogP contribution in [0.25, 0.3) is 0 Å². The summed E-state index contributed by atoms with van der Waals surface area (Å²) in [6, 6.07) is 4.15. The SMILES string of the molecule is CCCCNC(=S)N(C)N=Cc1ccc(C)s1. The fraction of sp³-hybridized carbons (Fsp3) is 0.500. The largest absolute Gasteiger partial charge is 0.361 e. The van der Waals surface area contributed by atoms with Crippen LogP contribution in [0.2, 0.25) is 0 Å². The summed E-state index contributed by atoms with van der Waals surface area (Å²) in [5.74, 6) is 0. The van der Waals surface area contributed by atoms with Crippen LogP contribution in [-0.2, 0) is 0 Å². The molecule has 1 rings (SSSR count). The van der Waals surface area contributed by atoms with Crippen molar-refractivity contribution in [2.75, 3.05) is 13.6 Å². The summed E-state index contributed by atoms with van der Waals surface area (Å²) < 4.78 is 0. The van der Waals surface area contributed by atoms with Crippen LogP contribution in [0, 0.1) is 6.92 Å². The average Bonchev–Trinajstić information content (AvgIpc) is 2.72. The molecule has 1 heterocycles. The number of aryl methyl sites for hydroxylation is 1. The molecule has 0 aliphatic rings. The number of unbranched alkanes of at least 4 members (excludes halogenated alkanes) is 1. The summed E-state index contributed by atoms with van der Waals surface area (Å²) in [5, 5.41) is 9.84. The Morgan fingerprint density at radius 1 is 1.59 bits per heavy atom. The minimum Gasteiger partial charge on any atom is -0.361 e. The molecule has 94 valence electrons. The van der Waals surface area contributed by atoms with Crippen molar-refractivity contribution in [1.29, 1.82) is 0 Å². The molecule has 0 aliphatic carbocycles. The molecule has 0 unspecified atom stereocenters. The second-order valence-electron chi connectivity index (χ2n) is 3.80. The number of rotatable bonds is 5. The average molecular weight is 269 g/mol. The summed E-state index contributed by atoms with van der Waals surface area (Å²) in [6.07, 6.45) is 4.13. The lowest BCUT2D eigenvalue weighted by molar-refractivity contribution is 0.530. The third-order valence-corrected chi connectivity index (χ3v) is 3.56. The Labute approximate surface area is 113 Å². The lowest BCUT2D eigenvalue weighted by Gasteiger charge is -2.14. The molecule has 0 atom stereocenters. The molecule has 0 aromatic carbocycles. The van der Waals surface area contributed by atoms with Crippen molar-refractivity contribution in [2.24, 2.45) is 5.10 Å². The molecule has 17 heavy (non-hydrogen) atoms. The molecule has 0 aliphatic heterocycles. The predicted octanol–water partition coefficient (Wildman–Crippen LogP) is 3.00. The Bertz CT molecular complexity index is 385. The van der Waals surface area contributed by atoms with Gasteiger partial charge in [0, 0.05) is 23.3 Å².